The highest BCUT2D eigenvalue weighted by atomic mass is 35.5. The van der Waals surface area contributed by atoms with E-state index >= 15 is 0 Å². The zero-order valence-electron chi connectivity index (χ0n) is 14.8. The number of carboxylic acids is 1. The second kappa shape index (κ2) is 10.3. The van der Waals surface area contributed by atoms with E-state index in [0.29, 0.717) is 5.02 Å². The summed E-state index contributed by atoms with van der Waals surface area (Å²) < 4.78 is 39.6. The van der Waals surface area contributed by atoms with Crippen LogP contribution in [0, 0.1) is 0 Å². The number of benzene rings is 1. The van der Waals surface area contributed by atoms with Crippen molar-refractivity contribution in [1.29, 1.82) is 0 Å². The van der Waals surface area contributed by atoms with E-state index in [2.05, 4.69) is 15.0 Å². The fourth-order valence-electron chi connectivity index (χ4n) is 2.56. The maximum absolute atomic E-state index is 10.6. The second-order valence-corrected chi connectivity index (χ2v) is 6.46. The van der Waals surface area contributed by atoms with Gasteiger partial charge in [-0.3, -0.25) is 4.68 Å². The fourth-order valence-corrected chi connectivity index (χ4v) is 2.74. The minimum absolute atomic E-state index is 0.257. The van der Waals surface area contributed by atoms with Gasteiger partial charge < -0.3 is 14.7 Å². The number of nitrogens with zero attached hydrogens (tertiary/aromatic N) is 4. The SMILES string of the molecule is Clc1ccccc1OC1CCN(CCn2cncn2)CC1.O=C(O)C(F)(F)F. The summed E-state index contributed by atoms with van der Waals surface area (Å²) in [6.45, 7) is 3.98. The molecule has 1 aromatic heterocycles. The van der Waals surface area contributed by atoms with Crippen LogP contribution in [-0.4, -0.2) is 62.7 Å². The number of likely N-dealkylation sites (tertiary alicyclic amines) is 1. The number of para-hydroxylation sites is 1. The van der Waals surface area contributed by atoms with E-state index in [1.54, 1.807) is 12.7 Å². The number of piperidine rings is 1. The van der Waals surface area contributed by atoms with Crippen LogP contribution in [0.3, 0.4) is 0 Å². The Labute approximate surface area is 164 Å². The van der Waals surface area contributed by atoms with Crippen molar-refractivity contribution < 1.29 is 27.8 Å². The maximum atomic E-state index is 10.6. The number of hydrogen-bond acceptors (Lipinski definition) is 5. The van der Waals surface area contributed by atoms with E-state index in [1.165, 1.54) is 0 Å². The van der Waals surface area contributed by atoms with Gasteiger partial charge in [0.2, 0.25) is 0 Å². The van der Waals surface area contributed by atoms with Crippen LogP contribution in [0.5, 0.6) is 5.75 Å². The Hall–Kier alpha value is -2.33. The number of ether oxygens (including phenoxy) is 1. The van der Waals surface area contributed by atoms with Crippen molar-refractivity contribution in [3.8, 4) is 5.75 Å². The van der Waals surface area contributed by atoms with Crippen LogP contribution >= 0.6 is 11.6 Å². The second-order valence-electron chi connectivity index (χ2n) is 6.05. The van der Waals surface area contributed by atoms with E-state index in [4.69, 9.17) is 26.2 Å². The summed E-state index contributed by atoms with van der Waals surface area (Å²) in [7, 11) is 0. The summed E-state index contributed by atoms with van der Waals surface area (Å²) in [4.78, 5) is 15.3. The maximum Gasteiger partial charge on any atom is 0.490 e. The van der Waals surface area contributed by atoms with E-state index in [-0.39, 0.29) is 6.10 Å². The molecule has 1 aromatic carbocycles. The summed E-state index contributed by atoms with van der Waals surface area (Å²) in [5.41, 5.74) is 0. The lowest BCUT2D eigenvalue weighted by molar-refractivity contribution is -0.192. The smallest absolute Gasteiger partial charge is 0.489 e. The third kappa shape index (κ3) is 7.35. The number of rotatable bonds is 5. The molecular weight excluding hydrogens is 401 g/mol. The minimum atomic E-state index is -5.08. The molecule has 0 saturated carbocycles. The van der Waals surface area contributed by atoms with Crippen molar-refractivity contribution in [3.63, 3.8) is 0 Å². The van der Waals surface area contributed by atoms with Gasteiger partial charge in [0.15, 0.2) is 0 Å². The molecule has 3 rings (SSSR count). The number of hydrogen-bond donors (Lipinski definition) is 1. The first-order valence-electron chi connectivity index (χ1n) is 8.52. The monoisotopic (exact) mass is 420 g/mol. The summed E-state index contributed by atoms with van der Waals surface area (Å²) in [6, 6.07) is 7.67. The van der Waals surface area contributed by atoms with Crippen LogP contribution in [0.4, 0.5) is 13.2 Å². The lowest BCUT2D eigenvalue weighted by atomic mass is 10.1. The van der Waals surface area contributed by atoms with Crippen LogP contribution in [-0.2, 0) is 11.3 Å². The first-order chi connectivity index (χ1) is 13.3. The Morgan fingerprint density at radius 2 is 1.89 bits per heavy atom. The highest BCUT2D eigenvalue weighted by Crippen LogP contribution is 2.26. The van der Waals surface area contributed by atoms with Crippen molar-refractivity contribution in [1.82, 2.24) is 19.7 Å². The first kappa shape index (κ1) is 22.0. The fraction of sp³-hybridized carbons (Fsp3) is 0.471. The lowest BCUT2D eigenvalue weighted by Crippen LogP contribution is -2.39. The summed E-state index contributed by atoms with van der Waals surface area (Å²) in [5.74, 6) is -1.97. The minimum Gasteiger partial charge on any atom is -0.489 e. The topological polar surface area (TPSA) is 80.5 Å². The highest BCUT2D eigenvalue weighted by molar-refractivity contribution is 6.32. The molecule has 0 aliphatic carbocycles. The molecule has 154 valence electrons. The number of carbonyl (C=O) groups is 1. The average molecular weight is 421 g/mol. The van der Waals surface area contributed by atoms with E-state index < -0.39 is 12.1 Å². The van der Waals surface area contributed by atoms with Gasteiger partial charge in [0.1, 0.15) is 24.5 Å². The third-order valence-corrected chi connectivity index (χ3v) is 4.33. The third-order valence-electron chi connectivity index (χ3n) is 4.02. The average Bonchev–Trinajstić information content (AvgIpc) is 3.16. The molecule has 2 heterocycles. The standard InChI is InChI=1S/C15H19ClN4O.C2HF3O2/c16-14-3-1-2-4-15(14)21-13-5-7-19(8-6-13)9-10-20-12-17-11-18-20;3-2(4,5)1(6)7/h1-4,11-13H,5-10H2;(H,6,7). The van der Waals surface area contributed by atoms with Gasteiger partial charge in [-0.25, -0.2) is 9.78 Å². The molecule has 0 bridgehead atoms. The quantitative estimate of drug-likeness (QED) is 0.800. The highest BCUT2D eigenvalue weighted by Gasteiger charge is 2.38. The van der Waals surface area contributed by atoms with Gasteiger partial charge in [0, 0.05) is 19.6 Å². The first-order valence-corrected chi connectivity index (χ1v) is 8.89. The van der Waals surface area contributed by atoms with Crippen molar-refractivity contribution in [2.24, 2.45) is 0 Å². The van der Waals surface area contributed by atoms with Gasteiger partial charge in [-0.15, -0.1) is 0 Å². The number of carboxylic acid groups (broad SMARTS) is 1. The Balaban J connectivity index is 0.000000345. The molecule has 0 atom stereocenters. The van der Waals surface area contributed by atoms with Crippen molar-refractivity contribution in [2.75, 3.05) is 19.6 Å². The molecule has 0 amide bonds. The summed E-state index contributed by atoms with van der Waals surface area (Å²) in [5, 5.41) is 11.9. The van der Waals surface area contributed by atoms with Crippen molar-refractivity contribution in [2.45, 2.75) is 31.7 Å². The zero-order valence-corrected chi connectivity index (χ0v) is 15.6. The molecule has 0 unspecified atom stereocenters. The van der Waals surface area contributed by atoms with Crippen LogP contribution in [0.25, 0.3) is 0 Å². The molecule has 11 heteroatoms. The molecule has 1 saturated heterocycles. The summed E-state index contributed by atoms with van der Waals surface area (Å²) in [6.07, 6.45) is 0.565. The Bertz CT molecular complexity index is 735. The van der Waals surface area contributed by atoms with Crippen LogP contribution < -0.4 is 4.74 Å². The molecule has 1 N–H and O–H groups in total. The van der Waals surface area contributed by atoms with Gasteiger partial charge in [-0.05, 0) is 25.0 Å². The Morgan fingerprint density at radius 1 is 1.25 bits per heavy atom. The normalized spacial score (nSPS) is 15.6. The zero-order chi connectivity index (χ0) is 20.6. The van der Waals surface area contributed by atoms with Gasteiger partial charge >= 0.3 is 12.1 Å². The molecule has 1 aliphatic rings. The summed E-state index contributed by atoms with van der Waals surface area (Å²) >= 11 is 6.13. The van der Waals surface area contributed by atoms with Gasteiger partial charge in [-0.1, -0.05) is 23.7 Å². The molecule has 7 nitrogen and oxygen atoms in total. The molecule has 2 aromatic rings. The van der Waals surface area contributed by atoms with E-state index in [0.717, 1.165) is 44.8 Å². The van der Waals surface area contributed by atoms with Crippen molar-refractivity contribution in [3.05, 3.63) is 41.9 Å². The predicted molar refractivity (Wildman–Crippen MR) is 95.3 cm³/mol. The molecule has 1 fully saturated rings. The van der Waals surface area contributed by atoms with E-state index in [9.17, 15) is 13.2 Å². The van der Waals surface area contributed by atoms with Crippen molar-refractivity contribution >= 4 is 17.6 Å². The molecule has 28 heavy (non-hydrogen) atoms. The Kier molecular flexibility index (Phi) is 8.06. The number of aromatic nitrogens is 3. The van der Waals surface area contributed by atoms with Crippen LogP contribution in [0.15, 0.2) is 36.9 Å². The number of alkyl halides is 3. The molecule has 1 aliphatic heterocycles. The Morgan fingerprint density at radius 3 is 2.43 bits per heavy atom. The largest absolute Gasteiger partial charge is 0.490 e. The molecular formula is C17H20ClF3N4O3. The molecule has 0 radical (unpaired) electrons. The molecule has 0 spiro atoms. The number of aliphatic carboxylic acids is 1. The van der Waals surface area contributed by atoms with E-state index in [1.807, 2.05) is 28.9 Å². The number of halogens is 4. The van der Waals surface area contributed by atoms with Gasteiger partial charge in [0.25, 0.3) is 0 Å². The van der Waals surface area contributed by atoms with Gasteiger partial charge in [0.05, 0.1) is 11.6 Å². The predicted octanol–water partition coefficient (Wildman–Crippen LogP) is 3.11. The van der Waals surface area contributed by atoms with Crippen LogP contribution in [0.2, 0.25) is 5.02 Å². The van der Waals surface area contributed by atoms with Gasteiger partial charge in [-0.2, -0.15) is 18.3 Å². The van der Waals surface area contributed by atoms with Crippen LogP contribution in [0.1, 0.15) is 12.8 Å². The lowest BCUT2D eigenvalue weighted by Gasteiger charge is -2.32.